The molecular formula is C12H13NO3S. The predicted molar refractivity (Wildman–Crippen MR) is 67.1 cm³/mol. The predicted octanol–water partition coefficient (Wildman–Crippen LogP) is 3.08. The molecule has 0 amide bonds. The molecule has 4 nitrogen and oxygen atoms in total. The van der Waals surface area contributed by atoms with Crippen LogP contribution in [0.3, 0.4) is 0 Å². The van der Waals surface area contributed by atoms with Crippen LogP contribution in [-0.2, 0) is 4.74 Å². The molecule has 0 spiro atoms. The molecule has 0 aliphatic carbocycles. The summed E-state index contributed by atoms with van der Waals surface area (Å²) >= 11 is 1.28. The van der Waals surface area contributed by atoms with Gasteiger partial charge in [0.25, 0.3) is 0 Å². The molecule has 2 N–H and O–H groups in total. The zero-order valence-corrected chi connectivity index (χ0v) is 10.5. The molecule has 2 heterocycles. The second-order valence-corrected chi connectivity index (χ2v) is 4.58. The summed E-state index contributed by atoms with van der Waals surface area (Å²) in [4.78, 5) is 12.9. The number of carbonyl (C=O) groups excluding carboxylic acids is 1. The number of ether oxygens (including phenoxy) is 1. The van der Waals surface area contributed by atoms with Gasteiger partial charge in [0.2, 0.25) is 0 Å². The first-order valence-corrected chi connectivity index (χ1v) is 6.06. The van der Waals surface area contributed by atoms with Crippen molar-refractivity contribution in [3.05, 3.63) is 28.8 Å². The molecule has 90 valence electrons. The van der Waals surface area contributed by atoms with Crippen LogP contribution in [0.5, 0.6) is 0 Å². The highest BCUT2D eigenvalue weighted by Gasteiger charge is 2.17. The molecule has 0 aliphatic heterocycles. The van der Waals surface area contributed by atoms with Crippen molar-refractivity contribution in [2.24, 2.45) is 0 Å². The molecule has 0 bridgehead atoms. The lowest BCUT2D eigenvalue weighted by molar-refractivity contribution is 0.0533. The molecule has 0 atom stereocenters. The molecular weight excluding hydrogens is 238 g/mol. The Bertz CT molecular complexity index is 542. The van der Waals surface area contributed by atoms with Crippen molar-refractivity contribution in [1.82, 2.24) is 0 Å². The monoisotopic (exact) mass is 251 g/mol. The van der Waals surface area contributed by atoms with E-state index in [-0.39, 0.29) is 5.97 Å². The number of furan rings is 1. The number of carbonyl (C=O) groups is 1. The number of hydrogen-bond acceptors (Lipinski definition) is 5. The fraction of sp³-hybridized carbons (Fsp3) is 0.250. The van der Waals surface area contributed by atoms with Crippen molar-refractivity contribution >= 4 is 23.0 Å². The van der Waals surface area contributed by atoms with Crippen molar-refractivity contribution < 1.29 is 13.9 Å². The zero-order valence-electron chi connectivity index (χ0n) is 9.65. The van der Waals surface area contributed by atoms with Gasteiger partial charge < -0.3 is 14.9 Å². The van der Waals surface area contributed by atoms with Crippen LogP contribution in [0.2, 0.25) is 0 Å². The van der Waals surface area contributed by atoms with Crippen molar-refractivity contribution in [2.75, 3.05) is 12.3 Å². The molecule has 0 fully saturated rings. The van der Waals surface area contributed by atoms with Gasteiger partial charge in [-0.1, -0.05) is 0 Å². The quantitative estimate of drug-likeness (QED) is 0.851. The summed E-state index contributed by atoms with van der Waals surface area (Å²) < 4.78 is 10.4. The van der Waals surface area contributed by atoms with E-state index in [1.165, 1.54) is 11.3 Å². The first kappa shape index (κ1) is 11.7. The average Bonchev–Trinajstić information content (AvgIpc) is 2.85. The van der Waals surface area contributed by atoms with Crippen LogP contribution in [0.4, 0.5) is 5.69 Å². The molecule has 0 aliphatic rings. The van der Waals surface area contributed by atoms with Crippen LogP contribution < -0.4 is 5.73 Å². The van der Waals surface area contributed by atoms with E-state index in [1.54, 1.807) is 13.0 Å². The number of thiophene rings is 1. The largest absolute Gasteiger partial charge is 0.462 e. The molecule has 0 aromatic carbocycles. The van der Waals surface area contributed by atoms with Crippen molar-refractivity contribution in [3.8, 4) is 10.6 Å². The van der Waals surface area contributed by atoms with Crippen LogP contribution >= 0.6 is 11.3 Å². The van der Waals surface area contributed by atoms with Gasteiger partial charge in [0.05, 0.1) is 17.2 Å². The van der Waals surface area contributed by atoms with Gasteiger partial charge in [-0.3, -0.25) is 0 Å². The maximum atomic E-state index is 11.6. The minimum atomic E-state index is -0.385. The summed E-state index contributed by atoms with van der Waals surface area (Å²) in [7, 11) is 0. The summed E-state index contributed by atoms with van der Waals surface area (Å²) in [6.07, 6.45) is 0. The fourth-order valence-corrected chi connectivity index (χ4v) is 2.38. The van der Waals surface area contributed by atoms with Gasteiger partial charge in [0, 0.05) is 0 Å². The summed E-state index contributed by atoms with van der Waals surface area (Å²) in [6, 6.07) is 5.46. The van der Waals surface area contributed by atoms with E-state index in [9.17, 15) is 4.79 Å². The lowest BCUT2D eigenvalue weighted by atomic mass is 10.3. The zero-order chi connectivity index (χ0) is 12.4. The number of anilines is 1. The topological polar surface area (TPSA) is 65.5 Å². The Hall–Kier alpha value is -1.75. The van der Waals surface area contributed by atoms with Gasteiger partial charge in [-0.25, -0.2) is 4.79 Å². The van der Waals surface area contributed by atoms with Gasteiger partial charge in [-0.2, -0.15) is 0 Å². The first-order valence-electron chi connectivity index (χ1n) is 5.25. The van der Waals surface area contributed by atoms with Gasteiger partial charge in [-0.05, 0) is 32.0 Å². The van der Waals surface area contributed by atoms with Crippen molar-refractivity contribution in [3.63, 3.8) is 0 Å². The van der Waals surface area contributed by atoms with E-state index in [0.29, 0.717) is 17.2 Å². The standard InChI is InChI=1S/C12H13NO3S/c1-3-15-12(14)11-8(13)6-10(17-11)9-5-4-7(2)16-9/h4-6H,3,13H2,1-2H3. The average molecular weight is 251 g/mol. The molecule has 0 saturated carbocycles. The Morgan fingerprint density at radius 2 is 2.29 bits per heavy atom. The highest BCUT2D eigenvalue weighted by Crippen LogP contribution is 2.34. The Balaban J connectivity index is 2.33. The fourth-order valence-electron chi connectivity index (χ4n) is 1.45. The minimum absolute atomic E-state index is 0.339. The van der Waals surface area contributed by atoms with Crippen LogP contribution in [0, 0.1) is 6.92 Å². The van der Waals surface area contributed by atoms with E-state index < -0.39 is 0 Å². The third-order valence-corrected chi connectivity index (χ3v) is 3.35. The third-order valence-electron chi connectivity index (χ3n) is 2.20. The Kier molecular flexibility index (Phi) is 3.19. The van der Waals surface area contributed by atoms with Gasteiger partial charge in [0.1, 0.15) is 16.4 Å². The number of hydrogen-bond donors (Lipinski definition) is 1. The van der Waals surface area contributed by atoms with E-state index in [1.807, 2.05) is 19.1 Å². The number of nitrogen functional groups attached to an aromatic ring is 1. The van der Waals surface area contributed by atoms with Crippen molar-refractivity contribution in [2.45, 2.75) is 13.8 Å². The first-order chi connectivity index (χ1) is 8.11. The van der Waals surface area contributed by atoms with Gasteiger partial charge >= 0.3 is 5.97 Å². The smallest absolute Gasteiger partial charge is 0.350 e. The van der Waals surface area contributed by atoms with E-state index in [0.717, 1.165) is 16.4 Å². The Morgan fingerprint density at radius 1 is 1.53 bits per heavy atom. The molecule has 0 saturated heterocycles. The van der Waals surface area contributed by atoms with Gasteiger partial charge in [0.15, 0.2) is 0 Å². The summed E-state index contributed by atoms with van der Waals surface area (Å²) in [5.41, 5.74) is 6.21. The molecule has 2 aromatic heterocycles. The second-order valence-electron chi connectivity index (χ2n) is 3.53. The second kappa shape index (κ2) is 4.63. The molecule has 0 radical (unpaired) electrons. The number of aryl methyl sites for hydroxylation is 1. The molecule has 5 heteroatoms. The highest BCUT2D eigenvalue weighted by molar-refractivity contribution is 7.17. The molecule has 2 rings (SSSR count). The molecule has 17 heavy (non-hydrogen) atoms. The van der Waals surface area contributed by atoms with Crippen LogP contribution in [-0.4, -0.2) is 12.6 Å². The Labute approximate surface area is 103 Å². The third kappa shape index (κ3) is 2.34. The minimum Gasteiger partial charge on any atom is -0.462 e. The van der Waals surface area contributed by atoms with Gasteiger partial charge in [-0.15, -0.1) is 11.3 Å². The van der Waals surface area contributed by atoms with E-state index >= 15 is 0 Å². The normalized spacial score (nSPS) is 10.5. The summed E-state index contributed by atoms with van der Waals surface area (Å²) in [6.45, 7) is 3.97. The van der Waals surface area contributed by atoms with E-state index in [2.05, 4.69) is 0 Å². The van der Waals surface area contributed by atoms with Crippen molar-refractivity contribution in [1.29, 1.82) is 0 Å². The van der Waals surface area contributed by atoms with Crippen LogP contribution in [0.1, 0.15) is 22.4 Å². The van der Waals surface area contributed by atoms with Crippen LogP contribution in [0.15, 0.2) is 22.6 Å². The molecule has 0 unspecified atom stereocenters. The summed E-state index contributed by atoms with van der Waals surface area (Å²) in [5.74, 6) is 1.16. The number of nitrogens with two attached hydrogens (primary N) is 1. The Morgan fingerprint density at radius 3 is 2.88 bits per heavy atom. The maximum absolute atomic E-state index is 11.6. The lowest BCUT2D eigenvalue weighted by Crippen LogP contribution is -2.04. The summed E-state index contributed by atoms with van der Waals surface area (Å²) in [5, 5.41) is 0. The molecule has 2 aromatic rings. The number of rotatable bonds is 3. The number of esters is 1. The SMILES string of the molecule is CCOC(=O)c1sc(-c2ccc(C)o2)cc1N. The van der Waals surface area contributed by atoms with E-state index in [4.69, 9.17) is 14.9 Å². The highest BCUT2D eigenvalue weighted by atomic mass is 32.1. The lowest BCUT2D eigenvalue weighted by Gasteiger charge is -1.98. The van der Waals surface area contributed by atoms with Crippen LogP contribution in [0.25, 0.3) is 10.6 Å². The maximum Gasteiger partial charge on any atom is 0.350 e.